The zero-order valence-electron chi connectivity index (χ0n) is 45.6. The van der Waals surface area contributed by atoms with E-state index < -0.39 is 0 Å². The fraction of sp³-hybridized carbons (Fsp3) is 0.945. The highest BCUT2D eigenvalue weighted by atomic mass is 15.4. The van der Waals surface area contributed by atoms with Crippen LogP contribution in [0.2, 0.25) is 0 Å². The van der Waals surface area contributed by atoms with Crippen molar-refractivity contribution in [3.05, 3.63) is 0 Å². The third-order valence-corrected chi connectivity index (χ3v) is 15.2. The fourth-order valence-electron chi connectivity index (χ4n) is 14.6. The van der Waals surface area contributed by atoms with Crippen molar-refractivity contribution in [2.75, 3.05) is 28.6 Å². The SMILES string of the molecule is CC1(C)CC(CCCCCCCCNc2nc(NCCCCCCCCC3CC(C)(C)NC(C)(C)C3)nc(N(C3CC(C)(C)NC(C)(C)C3)C3CC(C)(C)NC(C)(C)C3)n2)CC(C)(C)N1. The second-order valence-corrected chi connectivity index (χ2v) is 27.6. The van der Waals surface area contributed by atoms with Gasteiger partial charge in [0.05, 0.1) is 0 Å². The van der Waals surface area contributed by atoms with Gasteiger partial charge >= 0.3 is 0 Å². The van der Waals surface area contributed by atoms with E-state index in [-0.39, 0.29) is 44.3 Å². The molecule has 0 atom stereocenters. The van der Waals surface area contributed by atoms with Crippen LogP contribution in [0.4, 0.5) is 17.8 Å². The fourth-order valence-corrected chi connectivity index (χ4v) is 14.6. The molecule has 0 unspecified atom stereocenters. The molecule has 10 nitrogen and oxygen atoms in total. The summed E-state index contributed by atoms with van der Waals surface area (Å²) < 4.78 is 0. The summed E-state index contributed by atoms with van der Waals surface area (Å²) in [6.07, 6.45) is 27.5. The van der Waals surface area contributed by atoms with Crippen molar-refractivity contribution < 1.29 is 0 Å². The normalized spacial score (nSPS) is 25.0. The summed E-state index contributed by atoms with van der Waals surface area (Å²) in [5.41, 5.74) is 0.995. The lowest BCUT2D eigenvalue weighted by Crippen LogP contribution is -2.67. The maximum absolute atomic E-state index is 5.34. The number of rotatable bonds is 23. The summed E-state index contributed by atoms with van der Waals surface area (Å²) in [4.78, 5) is 18.4. The average Bonchev–Trinajstić information content (AvgIpc) is 3.08. The molecule has 376 valence electrons. The second kappa shape index (κ2) is 21.9. The molecular weight excluding hydrogens is 801 g/mol. The van der Waals surface area contributed by atoms with E-state index in [2.05, 4.69) is 148 Å². The topological polar surface area (TPSA) is 114 Å². The average molecular weight is 908 g/mol. The number of hydrogen-bond acceptors (Lipinski definition) is 10. The number of anilines is 3. The number of hydrogen-bond donors (Lipinski definition) is 6. The largest absolute Gasteiger partial charge is 0.354 e. The van der Waals surface area contributed by atoms with Gasteiger partial charge in [0.15, 0.2) is 0 Å². The Morgan fingerprint density at radius 1 is 0.369 bits per heavy atom. The first-order valence-corrected chi connectivity index (χ1v) is 27.2. The Kier molecular flexibility index (Phi) is 18.3. The van der Waals surface area contributed by atoms with Crippen LogP contribution < -0.4 is 36.8 Å². The Bertz CT molecular complexity index is 1430. The molecule has 6 N–H and O–H groups in total. The zero-order valence-corrected chi connectivity index (χ0v) is 45.6. The summed E-state index contributed by atoms with van der Waals surface area (Å²) in [6.45, 7) is 39.8. The van der Waals surface area contributed by atoms with E-state index in [9.17, 15) is 0 Å². The van der Waals surface area contributed by atoms with Gasteiger partial charge in [-0.3, -0.25) is 0 Å². The van der Waals surface area contributed by atoms with Gasteiger partial charge in [-0.2, -0.15) is 15.0 Å². The first kappa shape index (κ1) is 54.2. The molecule has 0 amide bonds. The molecule has 4 aliphatic rings. The van der Waals surface area contributed by atoms with Crippen LogP contribution >= 0.6 is 0 Å². The Morgan fingerprint density at radius 2 is 0.631 bits per heavy atom. The molecule has 65 heavy (non-hydrogen) atoms. The molecule has 4 fully saturated rings. The minimum Gasteiger partial charge on any atom is -0.354 e. The Hall–Kier alpha value is -1.75. The number of aromatic nitrogens is 3. The lowest BCUT2D eigenvalue weighted by molar-refractivity contribution is 0.121. The second-order valence-electron chi connectivity index (χ2n) is 27.6. The molecule has 0 spiro atoms. The van der Waals surface area contributed by atoms with E-state index in [1.807, 2.05) is 0 Å². The molecule has 5 rings (SSSR count). The minimum atomic E-state index is 0.000185. The lowest BCUT2D eigenvalue weighted by atomic mass is 9.74. The van der Waals surface area contributed by atoms with Crippen LogP contribution in [0, 0.1) is 11.8 Å². The van der Waals surface area contributed by atoms with Crippen LogP contribution in [0.15, 0.2) is 0 Å². The van der Waals surface area contributed by atoms with Gasteiger partial charge in [-0.25, -0.2) is 0 Å². The van der Waals surface area contributed by atoms with Crippen LogP contribution in [0.3, 0.4) is 0 Å². The highest BCUT2D eigenvalue weighted by molar-refractivity contribution is 5.46. The van der Waals surface area contributed by atoms with Gasteiger partial charge in [-0.05, 0) is 187 Å². The van der Waals surface area contributed by atoms with Gasteiger partial charge in [0.2, 0.25) is 17.8 Å². The predicted molar refractivity (Wildman–Crippen MR) is 281 cm³/mol. The maximum atomic E-state index is 5.34. The van der Waals surface area contributed by atoms with Gasteiger partial charge in [-0.15, -0.1) is 0 Å². The third kappa shape index (κ3) is 18.6. The van der Waals surface area contributed by atoms with Crippen LogP contribution in [-0.2, 0) is 0 Å². The van der Waals surface area contributed by atoms with Crippen LogP contribution in [0.5, 0.6) is 0 Å². The van der Waals surface area contributed by atoms with Crippen molar-refractivity contribution in [1.82, 2.24) is 36.2 Å². The van der Waals surface area contributed by atoms with E-state index in [4.69, 9.17) is 15.0 Å². The standard InChI is InChI=1S/C55H106N10/c1-48(2)33-41(34-49(3,4)61-48)29-25-21-17-19-23-27-31-56-45-58-46(57-32-28-24-20-18-22-26-30-42-35-50(5,6)62-51(7,8)36-42)60-47(59-45)65(43-37-52(9,10)63-53(11,12)38-43)44-39-54(13,14)64-55(15,16)40-44/h41-44,61-64H,17-40H2,1-16H3,(H2,56,57,58,59,60). The Labute approximate surface area is 401 Å². The molecule has 0 radical (unpaired) electrons. The molecular formula is C55H106N10. The maximum Gasteiger partial charge on any atom is 0.232 e. The molecule has 4 aliphatic heterocycles. The van der Waals surface area contributed by atoms with E-state index in [0.717, 1.165) is 81.3 Å². The first-order chi connectivity index (χ1) is 30.0. The van der Waals surface area contributed by atoms with Gasteiger partial charge in [-0.1, -0.05) is 77.0 Å². The highest BCUT2D eigenvalue weighted by Gasteiger charge is 2.47. The Balaban J connectivity index is 1.19. The predicted octanol–water partition coefficient (Wildman–Crippen LogP) is 12.7. The van der Waals surface area contributed by atoms with Crippen molar-refractivity contribution >= 4 is 17.8 Å². The summed E-state index contributed by atoms with van der Waals surface area (Å²) in [7, 11) is 0. The quantitative estimate of drug-likeness (QED) is 0.0594. The van der Waals surface area contributed by atoms with Crippen LogP contribution in [0.1, 0.15) is 252 Å². The smallest absolute Gasteiger partial charge is 0.232 e. The van der Waals surface area contributed by atoms with Crippen LogP contribution in [-0.4, -0.2) is 84.4 Å². The van der Waals surface area contributed by atoms with E-state index in [1.54, 1.807) is 0 Å². The van der Waals surface area contributed by atoms with Gasteiger partial charge in [0, 0.05) is 69.5 Å². The van der Waals surface area contributed by atoms with E-state index >= 15 is 0 Å². The van der Waals surface area contributed by atoms with Crippen molar-refractivity contribution in [3.63, 3.8) is 0 Å². The van der Waals surface area contributed by atoms with Gasteiger partial charge in [0.1, 0.15) is 0 Å². The zero-order chi connectivity index (χ0) is 48.0. The first-order valence-electron chi connectivity index (χ1n) is 27.2. The number of nitrogens with one attached hydrogen (secondary N) is 6. The van der Waals surface area contributed by atoms with Crippen LogP contribution in [0.25, 0.3) is 0 Å². The molecule has 4 saturated heterocycles. The Morgan fingerprint density at radius 3 is 0.938 bits per heavy atom. The number of unbranched alkanes of at least 4 members (excludes halogenated alkanes) is 10. The van der Waals surface area contributed by atoms with E-state index in [1.165, 1.54) is 103 Å². The third-order valence-electron chi connectivity index (χ3n) is 15.2. The molecule has 10 heteroatoms. The number of nitrogens with zero attached hydrogens (tertiary/aromatic N) is 4. The molecule has 1 aromatic heterocycles. The van der Waals surface area contributed by atoms with E-state index in [0.29, 0.717) is 12.1 Å². The molecule has 1 aromatic rings. The summed E-state index contributed by atoms with van der Waals surface area (Å²) >= 11 is 0. The summed E-state index contributed by atoms with van der Waals surface area (Å²) in [5.74, 6) is 3.96. The van der Waals surface area contributed by atoms with Crippen molar-refractivity contribution in [1.29, 1.82) is 0 Å². The van der Waals surface area contributed by atoms with Crippen molar-refractivity contribution in [2.45, 2.75) is 308 Å². The lowest BCUT2D eigenvalue weighted by Gasteiger charge is -2.55. The van der Waals surface area contributed by atoms with Crippen molar-refractivity contribution in [2.24, 2.45) is 11.8 Å². The molecule has 0 aromatic carbocycles. The molecule has 0 bridgehead atoms. The monoisotopic (exact) mass is 907 g/mol. The molecule has 5 heterocycles. The van der Waals surface area contributed by atoms with Gasteiger partial charge < -0.3 is 36.8 Å². The highest BCUT2D eigenvalue weighted by Crippen LogP contribution is 2.41. The number of piperidine rings is 4. The minimum absolute atomic E-state index is 0.000185. The van der Waals surface area contributed by atoms with Crippen molar-refractivity contribution in [3.8, 4) is 0 Å². The summed E-state index contributed by atoms with van der Waals surface area (Å²) in [5, 5.41) is 23.1. The van der Waals surface area contributed by atoms with Gasteiger partial charge in [0.25, 0.3) is 0 Å². The summed E-state index contributed by atoms with van der Waals surface area (Å²) in [6, 6.07) is 0.610. The molecule has 0 aliphatic carbocycles. The molecule has 0 saturated carbocycles.